The van der Waals surface area contributed by atoms with Crippen molar-refractivity contribution in [2.75, 3.05) is 26.3 Å². The molecular formula is C15H20Cl2N2O2. The zero-order valence-corrected chi connectivity index (χ0v) is 13.7. The molecule has 21 heavy (non-hydrogen) atoms. The molecule has 1 amide bonds. The number of halogens is 2. The topological polar surface area (TPSA) is 50.4 Å². The van der Waals surface area contributed by atoms with E-state index in [1.165, 1.54) is 0 Å². The summed E-state index contributed by atoms with van der Waals surface area (Å²) in [6, 6.07) is 5.28. The Kier molecular flexibility index (Phi) is 5.49. The van der Waals surface area contributed by atoms with E-state index in [1.54, 1.807) is 6.07 Å². The van der Waals surface area contributed by atoms with Crippen LogP contribution in [0.15, 0.2) is 18.2 Å². The second-order valence-corrected chi connectivity index (χ2v) is 6.63. The predicted molar refractivity (Wildman–Crippen MR) is 85.1 cm³/mol. The molecule has 1 heterocycles. The summed E-state index contributed by atoms with van der Waals surface area (Å²) in [7, 11) is 0. The Balaban J connectivity index is 1.96. The molecule has 1 atom stereocenters. The normalized spacial score (nSPS) is 19.3. The van der Waals surface area contributed by atoms with Crippen LogP contribution in [0.1, 0.15) is 19.4 Å². The van der Waals surface area contributed by atoms with E-state index in [0.717, 1.165) is 5.56 Å². The molecular weight excluding hydrogens is 311 g/mol. The Morgan fingerprint density at radius 2 is 2.19 bits per heavy atom. The second-order valence-electron chi connectivity index (χ2n) is 5.81. The number of hydrogen-bond donors (Lipinski definition) is 2. The first kappa shape index (κ1) is 16.6. The van der Waals surface area contributed by atoms with Gasteiger partial charge in [0, 0.05) is 18.5 Å². The van der Waals surface area contributed by atoms with E-state index in [0.29, 0.717) is 36.3 Å². The third-order valence-corrected chi connectivity index (χ3v) is 4.38. The van der Waals surface area contributed by atoms with Crippen LogP contribution in [0, 0.1) is 0 Å². The Labute approximate surface area is 135 Å². The second kappa shape index (κ2) is 6.97. The molecule has 1 saturated heterocycles. The first-order valence-corrected chi connectivity index (χ1v) is 7.70. The van der Waals surface area contributed by atoms with Crippen LogP contribution in [-0.2, 0) is 14.9 Å². The van der Waals surface area contributed by atoms with Gasteiger partial charge in [-0.2, -0.15) is 0 Å². The lowest BCUT2D eigenvalue weighted by Crippen LogP contribution is -2.52. The summed E-state index contributed by atoms with van der Waals surface area (Å²) < 4.78 is 5.29. The molecule has 1 aliphatic heterocycles. The number of nitrogens with one attached hydrogen (secondary N) is 2. The van der Waals surface area contributed by atoms with E-state index < -0.39 is 0 Å². The van der Waals surface area contributed by atoms with Crippen molar-refractivity contribution in [2.45, 2.75) is 25.3 Å². The first-order chi connectivity index (χ1) is 9.90. The monoisotopic (exact) mass is 330 g/mol. The highest BCUT2D eigenvalue weighted by atomic mass is 35.5. The van der Waals surface area contributed by atoms with Crippen molar-refractivity contribution in [2.24, 2.45) is 0 Å². The van der Waals surface area contributed by atoms with Crippen LogP contribution in [0.2, 0.25) is 10.0 Å². The lowest BCUT2D eigenvalue weighted by Gasteiger charge is -2.28. The maximum atomic E-state index is 12.1. The first-order valence-electron chi connectivity index (χ1n) is 6.94. The standard InChI is InChI=1S/C15H20Cl2N2O2/c1-15(2,10-3-4-11(16)12(17)7-10)9-19-14(20)13-8-21-6-5-18-13/h3-4,7,13,18H,5-6,8-9H2,1-2H3,(H,19,20). The fourth-order valence-corrected chi connectivity index (χ4v) is 2.48. The minimum Gasteiger partial charge on any atom is -0.378 e. The van der Waals surface area contributed by atoms with Crippen molar-refractivity contribution < 1.29 is 9.53 Å². The Morgan fingerprint density at radius 3 is 2.81 bits per heavy atom. The zero-order valence-electron chi connectivity index (χ0n) is 12.2. The van der Waals surface area contributed by atoms with Gasteiger partial charge in [-0.15, -0.1) is 0 Å². The van der Waals surface area contributed by atoms with Gasteiger partial charge in [-0.25, -0.2) is 0 Å². The summed E-state index contributed by atoms with van der Waals surface area (Å²) in [6.07, 6.45) is 0. The average molecular weight is 331 g/mol. The van der Waals surface area contributed by atoms with Gasteiger partial charge in [0.1, 0.15) is 6.04 Å². The van der Waals surface area contributed by atoms with Crippen molar-refractivity contribution >= 4 is 29.1 Å². The number of amides is 1. The van der Waals surface area contributed by atoms with Crippen LogP contribution in [0.3, 0.4) is 0 Å². The molecule has 1 unspecified atom stereocenters. The van der Waals surface area contributed by atoms with Crippen LogP contribution >= 0.6 is 23.2 Å². The quantitative estimate of drug-likeness (QED) is 0.891. The fraction of sp³-hybridized carbons (Fsp3) is 0.533. The van der Waals surface area contributed by atoms with Gasteiger partial charge in [-0.3, -0.25) is 4.79 Å². The highest BCUT2D eigenvalue weighted by Gasteiger charge is 2.26. The summed E-state index contributed by atoms with van der Waals surface area (Å²) >= 11 is 12.0. The van der Waals surface area contributed by atoms with Crippen molar-refractivity contribution in [1.82, 2.24) is 10.6 Å². The molecule has 4 nitrogen and oxygen atoms in total. The Bertz CT molecular complexity index is 514. The number of benzene rings is 1. The molecule has 6 heteroatoms. The molecule has 0 aromatic heterocycles. The fourth-order valence-electron chi connectivity index (χ4n) is 2.18. The number of morpholine rings is 1. The minimum atomic E-state index is -0.275. The van der Waals surface area contributed by atoms with E-state index in [2.05, 4.69) is 24.5 Å². The maximum absolute atomic E-state index is 12.1. The van der Waals surface area contributed by atoms with Gasteiger partial charge in [0.25, 0.3) is 0 Å². The summed E-state index contributed by atoms with van der Waals surface area (Å²) in [5.74, 6) is -0.0390. The third kappa shape index (κ3) is 4.33. The third-order valence-electron chi connectivity index (χ3n) is 3.64. The largest absolute Gasteiger partial charge is 0.378 e. The number of carbonyl (C=O) groups excluding carboxylic acids is 1. The van der Waals surface area contributed by atoms with Crippen LogP contribution in [0.4, 0.5) is 0 Å². The maximum Gasteiger partial charge on any atom is 0.239 e. The molecule has 1 aliphatic rings. The van der Waals surface area contributed by atoms with Gasteiger partial charge in [0.2, 0.25) is 5.91 Å². The molecule has 0 spiro atoms. The number of ether oxygens (including phenoxy) is 1. The van der Waals surface area contributed by atoms with Crippen molar-refractivity contribution in [3.8, 4) is 0 Å². The van der Waals surface area contributed by atoms with Gasteiger partial charge in [0.05, 0.1) is 23.3 Å². The molecule has 0 saturated carbocycles. The van der Waals surface area contributed by atoms with Gasteiger partial charge in [-0.05, 0) is 17.7 Å². The van der Waals surface area contributed by atoms with Gasteiger partial charge in [0.15, 0.2) is 0 Å². The molecule has 2 rings (SSSR count). The minimum absolute atomic E-state index is 0.0390. The summed E-state index contributed by atoms with van der Waals surface area (Å²) in [5.41, 5.74) is 0.796. The Hall–Kier alpha value is -0.810. The highest BCUT2D eigenvalue weighted by Crippen LogP contribution is 2.29. The van der Waals surface area contributed by atoms with Gasteiger partial charge in [-0.1, -0.05) is 43.1 Å². The van der Waals surface area contributed by atoms with E-state index in [4.69, 9.17) is 27.9 Å². The van der Waals surface area contributed by atoms with Crippen LogP contribution < -0.4 is 10.6 Å². The summed E-state index contributed by atoms with van der Waals surface area (Å²) in [4.78, 5) is 12.1. The van der Waals surface area contributed by atoms with Crippen molar-refractivity contribution in [3.63, 3.8) is 0 Å². The molecule has 0 bridgehead atoms. The molecule has 1 aromatic carbocycles. The molecule has 116 valence electrons. The lowest BCUT2D eigenvalue weighted by molar-refractivity contribution is -0.126. The number of carbonyl (C=O) groups is 1. The molecule has 1 aromatic rings. The van der Waals surface area contributed by atoms with Crippen LogP contribution in [0.5, 0.6) is 0 Å². The molecule has 0 aliphatic carbocycles. The number of hydrogen-bond acceptors (Lipinski definition) is 3. The summed E-state index contributed by atoms with van der Waals surface area (Å²) in [6.45, 7) is 6.39. The van der Waals surface area contributed by atoms with Crippen LogP contribution in [-0.4, -0.2) is 38.3 Å². The van der Waals surface area contributed by atoms with Crippen molar-refractivity contribution in [3.05, 3.63) is 33.8 Å². The van der Waals surface area contributed by atoms with E-state index >= 15 is 0 Å². The summed E-state index contributed by atoms with van der Waals surface area (Å²) in [5, 5.41) is 7.16. The van der Waals surface area contributed by atoms with E-state index in [-0.39, 0.29) is 17.4 Å². The van der Waals surface area contributed by atoms with Gasteiger partial charge >= 0.3 is 0 Å². The Morgan fingerprint density at radius 1 is 1.43 bits per heavy atom. The highest BCUT2D eigenvalue weighted by molar-refractivity contribution is 6.42. The molecule has 0 radical (unpaired) electrons. The lowest BCUT2D eigenvalue weighted by atomic mass is 9.84. The molecule has 2 N–H and O–H groups in total. The SMILES string of the molecule is CC(C)(CNC(=O)C1COCCN1)c1ccc(Cl)c(Cl)c1. The van der Waals surface area contributed by atoms with Crippen molar-refractivity contribution in [1.29, 1.82) is 0 Å². The van der Waals surface area contributed by atoms with Gasteiger partial charge < -0.3 is 15.4 Å². The zero-order chi connectivity index (χ0) is 15.5. The smallest absolute Gasteiger partial charge is 0.239 e. The molecule has 1 fully saturated rings. The number of rotatable bonds is 4. The van der Waals surface area contributed by atoms with E-state index in [1.807, 2.05) is 12.1 Å². The van der Waals surface area contributed by atoms with Crippen LogP contribution in [0.25, 0.3) is 0 Å². The average Bonchev–Trinajstić information content (AvgIpc) is 2.48. The van der Waals surface area contributed by atoms with E-state index in [9.17, 15) is 4.79 Å². The predicted octanol–water partition coefficient (Wildman–Crippen LogP) is 2.38.